The van der Waals surface area contributed by atoms with Gasteiger partial charge in [-0.3, -0.25) is 4.90 Å². The first-order valence-electron chi connectivity index (χ1n) is 6.52. The lowest BCUT2D eigenvalue weighted by molar-refractivity contribution is -0.148. The Morgan fingerprint density at radius 1 is 1.33 bits per heavy atom. The number of amides is 1. The molecule has 7 heteroatoms. The first-order valence-corrected chi connectivity index (χ1v) is 6.52. The van der Waals surface area contributed by atoms with Gasteiger partial charge in [-0.15, -0.1) is 0 Å². The quantitative estimate of drug-likeness (QED) is 0.928. The minimum absolute atomic E-state index is 0.0276. The fourth-order valence-electron chi connectivity index (χ4n) is 3.09. The standard InChI is InChI=1S/C14H13F2NO4/c15-14(16)10-6-7-17(13(10,14)11(18)19)12(20)21-8-9-4-2-1-3-5-9/h1-5,10H,6-8H2,(H,18,19). The zero-order valence-electron chi connectivity index (χ0n) is 11.0. The maximum absolute atomic E-state index is 13.7. The topological polar surface area (TPSA) is 66.8 Å². The number of carboxylic acid groups (broad SMARTS) is 1. The van der Waals surface area contributed by atoms with Crippen LogP contribution >= 0.6 is 0 Å². The van der Waals surface area contributed by atoms with Crippen LogP contribution in [0.4, 0.5) is 13.6 Å². The van der Waals surface area contributed by atoms with E-state index in [1.165, 1.54) is 0 Å². The monoisotopic (exact) mass is 297 g/mol. The number of piperidine rings is 1. The fourth-order valence-corrected chi connectivity index (χ4v) is 3.09. The second-order valence-corrected chi connectivity index (χ2v) is 5.23. The average molecular weight is 297 g/mol. The highest BCUT2D eigenvalue weighted by atomic mass is 19.3. The zero-order valence-corrected chi connectivity index (χ0v) is 11.0. The molecule has 1 aliphatic heterocycles. The van der Waals surface area contributed by atoms with Gasteiger partial charge in [0.2, 0.25) is 5.54 Å². The Labute approximate surface area is 119 Å². The van der Waals surface area contributed by atoms with Crippen LogP contribution in [-0.4, -0.2) is 40.1 Å². The van der Waals surface area contributed by atoms with Crippen LogP contribution in [0, 0.1) is 5.92 Å². The second-order valence-electron chi connectivity index (χ2n) is 5.23. The molecule has 1 heterocycles. The predicted molar refractivity (Wildman–Crippen MR) is 66.8 cm³/mol. The van der Waals surface area contributed by atoms with E-state index in [1.54, 1.807) is 30.3 Å². The van der Waals surface area contributed by atoms with Crippen LogP contribution in [0.5, 0.6) is 0 Å². The maximum Gasteiger partial charge on any atom is 0.411 e. The molecule has 1 aromatic rings. The van der Waals surface area contributed by atoms with Gasteiger partial charge in [-0.2, -0.15) is 0 Å². The Kier molecular flexibility index (Phi) is 2.89. The van der Waals surface area contributed by atoms with Crippen molar-refractivity contribution in [1.82, 2.24) is 4.90 Å². The number of fused-ring (bicyclic) bond motifs is 1. The van der Waals surface area contributed by atoms with Crippen molar-refractivity contribution < 1.29 is 28.2 Å². The van der Waals surface area contributed by atoms with Crippen molar-refractivity contribution in [2.24, 2.45) is 5.92 Å². The number of aliphatic carboxylic acids is 1. The summed E-state index contributed by atoms with van der Waals surface area (Å²) >= 11 is 0. The molecule has 0 radical (unpaired) electrons. The number of carbonyl (C=O) groups excluding carboxylic acids is 1. The van der Waals surface area contributed by atoms with Crippen LogP contribution in [0.25, 0.3) is 0 Å². The van der Waals surface area contributed by atoms with Crippen molar-refractivity contribution in [3.05, 3.63) is 35.9 Å². The molecule has 1 aromatic carbocycles. The van der Waals surface area contributed by atoms with E-state index in [9.17, 15) is 18.4 Å². The Hall–Kier alpha value is -2.18. The van der Waals surface area contributed by atoms with Gasteiger partial charge in [0.15, 0.2) is 0 Å². The zero-order chi connectivity index (χ0) is 15.3. The molecule has 5 nitrogen and oxygen atoms in total. The predicted octanol–water partition coefficient (Wildman–Crippen LogP) is 2.12. The Balaban J connectivity index is 1.72. The molecule has 1 aliphatic carbocycles. The van der Waals surface area contributed by atoms with E-state index in [1.807, 2.05) is 0 Å². The van der Waals surface area contributed by atoms with Gasteiger partial charge in [0.05, 0.1) is 5.92 Å². The number of hydrogen-bond donors (Lipinski definition) is 1. The SMILES string of the molecule is O=C(OCc1ccccc1)N1CCC2C(F)(F)C21C(=O)O. The molecule has 1 amide bonds. The number of alkyl halides is 2. The highest BCUT2D eigenvalue weighted by molar-refractivity contribution is 5.92. The molecule has 0 spiro atoms. The number of carboxylic acids is 1. The minimum Gasteiger partial charge on any atom is -0.479 e. The largest absolute Gasteiger partial charge is 0.479 e. The van der Waals surface area contributed by atoms with Crippen molar-refractivity contribution in [3.8, 4) is 0 Å². The molecular formula is C14H13F2NO4. The summed E-state index contributed by atoms with van der Waals surface area (Å²) in [6.07, 6.45) is -1.04. The summed E-state index contributed by atoms with van der Waals surface area (Å²) in [5.41, 5.74) is -1.71. The van der Waals surface area contributed by atoms with Crippen LogP contribution in [0.2, 0.25) is 0 Å². The molecule has 2 aliphatic rings. The van der Waals surface area contributed by atoms with Crippen LogP contribution in [0.15, 0.2) is 30.3 Å². The fraction of sp³-hybridized carbons (Fsp3) is 0.429. The van der Waals surface area contributed by atoms with E-state index >= 15 is 0 Å². The van der Waals surface area contributed by atoms with Gasteiger partial charge < -0.3 is 9.84 Å². The summed E-state index contributed by atoms with van der Waals surface area (Å²) in [6.45, 7) is -0.109. The maximum atomic E-state index is 13.7. The van der Waals surface area contributed by atoms with Crippen LogP contribution in [0.3, 0.4) is 0 Å². The van der Waals surface area contributed by atoms with Crippen molar-refractivity contribution in [3.63, 3.8) is 0 Å². The minimum atomic E-state index is -3.39. The third kappa shape index (κ3) is 1.73. The van der Waals surface area contributed by atoms with E-state index < -0.39 is 29.4 Å². The molecule has 1 N–H and O–H groups in total. The van der Waals surface area contributed by atoms with Crippen molar-refractivity contribution >= 4 is 12.1 Å². The van der Waals surface area contributed by atoms with E-state index in [4.69, 9.17) is 9.84 Å². The molecule has 0 aromatic heterocycles. The van der Waals surface area contributed by atoms with E-state index in [0.29, 0.717) is 10.5 Å². The van der Waals surface area contributed by atoms with Gasteiger partial charge in [0.1, 0.15) is 6.61 Å². The van der Waals surface area contributed by atoms with Crippen LogP contribution in [0.1, 0.15) is 12.0 Å². The first-order chi connectivity index (χ1) is 9.92. The number of nitrogens with zero attached hydrogens (tertiary/aromatic N) is 1. The van der Waals surface area contributed by atoms with Crippen molar-refractivity contribution in [2.45, 2.75) is 24.5 Å². The molecule has 0 bridgehead atoms. The Bertz CT molecular complexity index is 592. The number of likely N-dealkylation sites (tertiary alicyclic amines) is 1. The van der Waals surface area contributed by atoms with Crippen molar-refractivity contribution in [2.75, 3.05) is 6.54 Å². The number of rotatable bonds is 3. The molecular weight excluding hydrogens is 284 g/mol. The average Bonchev–Trinajstić information content (AvgIpc) is 2.80. The summed E-state index contributed by atoms with van der Waals surface area (Å²) in [5.74, 6) is -6.37. The van der Waals surface area contributed by atoms with E-state index in [0.717, 1.165) is 0 Å². The molecule has 2 fully saturated rings. The van der Waals surface area contributed by atoms with Crippen LogP contribution < -0.4 is 0 Å². The van der Waals surface area contributed by atoms with E-state index in [2.05, 4.69) is 0 Å². The molecule has 2 unspecified atom stereocenters. The Morgan fingerprint density at radius 3 is 2.57 bits per heavy atom. The molecule has 1 saturated carbocycles. The van der Waals surface area contributed by atoms with Gasteiger partial charge in [-0.1, -0.05) is 30.3 Å². The second kappa shape index (κ2) is 4.41. The number of hydrogen-bond acceptors (Lipinski definition) is 3. The van der Waals surface area contributed by atoms with Crippen molar-refractivity contribution in [1.29, 1.82) is 0 Å². The summed E-state index contributed by atoms with van der Waals surface area (Å²) in [4.78, 5) is 23.9. The number of carbonyl (C=O) groups is 2. The highest BCUT2D eigenvalue weighted by Crippen LogP contribution is 2.67. The lowest BCUT2D eigenvalue weighted by atomic mass is 10.2. The molecule has 3 rings (SSSR count). The van der Waals surface area contributed by atoms with Gasteiger partial charge in [-0.05, 0) is 12.0 Å². The summed E-state index contributed by atoms with van der Waals surface area (Å²) < 4.78 is 32.3. The third-order valence-corrected chi connectivity index (χ3v) is 4.19. The number of ether oxygens (including phenoxy) is 1. The van der Waals surface area contributed by atoms with Gasteiger partial charge >= 0.3 is 12.1 Å². The molecule has 1 saturated heterocycles. The molecule has 21 heavy (non-hydrogen) atoms. The third-order valence-electron chi connectivity index (χ3n) is 4.19. The molecule has 112 valence electrons. The summed E-state index contributed by atoms with van der Waals surface area (Å²) in [6, 6.07) is 8.74. The van der Waals surface area contributed by atoms with Gasteiger partial charge in [-0.25, -0.2) is 18.4 Å². The lowest BCUT2D eigenvalue weighted by Crippen LogP contribution is -2.49. The Morgan fingerprint density at radius 2 is 2.00 bits per heavy atom. The van der Waals surface area contributed by atoms with Gasteiger partial charge in [0.25, 0.3) is 5.92 Å². The first kappa shape index (κ1) is 13.8. The van der Waals surface area contributed by atoms with Gasteiger partial charge in [0, 0.05) is 6.54 Å². The lowest BCUT2D eigenvalue weighted by Gasteiger charge is -2.25. The number of halogens is 2. The van der Waals surface area contributed by atoms with E-state index in [-0.39, 0.29) is 19.6 Å². The van der Waals surface area contributed by atoms with Crippen LogP contribution in [-0.2, 0) is 16.1 Å². The number of benzene rings is 1. The summed E-state index contributed by atoms with van der Waals surface area (Å²) in [5, 5.41) is 9.12. The smallest absolute Gasteiger partial charge is 0.411 e. The summed E-state index contributed by atoms with van der Waals surface area (Å²) in [7, 11) is 0. The normalized spacial score (nSPS) is 28.9. The molecule has 2 atom stereocenters. The highest BCUT2D eigenvalue weighted by Gasteiger charge is 2.91.